The number of methoxy groups -OCH3 is 1. The molecule has 2 N–H and O–H groups in total. The zero-order valence-electron chi connectivity index (χ0n) is 21.6. The Labute approximate surface area is 253 Å². The van der Waals surface area contributed by atoms with Crippen LogP contribution in [-0.2, 0) is 21.9 Å². The third kappa shape index (κ3) is 7.55. The maximum Gasteiger partial charge on any atom is 0.416 e. The second kappa shape index (κ2) is 12.4. The first kappa shape index (κ1) is 32.0. The average Bonchev–Trinajstić information content (AvgIpc) is 3.50. The number of thiophene rings is 1. The summed E-state index contributed by atoms with van der Waals surface area (Å²) in [5.74, 6) is -2.10. The maximum atomic E-state index is 13.3. The van der Waals surface area contributed by atoms with E-state index in [0.717, 1.165) is 23.1 Å². The number of carbonyl (C=O) groups excluding carboxylic acids is 2. The molecule has 0 saturated carbocycles. The minimum absolute atomic E-state index is 0.0436. The zero-order chi connectivity index (χ0) is 31.7. The zero-order valence-corrected chi connectivity index (χ0v) is 24.1. The molecular weight excluding hydrogens is 642 g/mol. The van der Waals surface area contributed by atoms with E-state index in [1.807, 2.05) is 0 Å². The molecule has 43 heavy (non-hydrogen) atoms. The number of carboxylic acid groups (broad SMARTS) is 1. The summed E-state index contributed by atoms with van der Waals surface area (Å²) in [6, 6.07) is 6.55. The van der Waals surface area contributed by atoms with Crippen LogP contribution in [0.2, 0.25) is 0 Å². The second-order valence-electron chi connectivity index (χ2n) is 8.88. The smallest absolute Gasteiger partial charge is 0.416 e. The number of anilines is 1. The van der Waals surface area contributed by atoms with E-state index in [1.54, 1.807) is 0 Å². The summed E-state index contributed by atoms with van der Waals surface area (Å²) in [5, 5.41) is 13.1. The van der Waals surface area contributed by atoms with Crippen molar-refractivity contribution in [3.63, 3.8) is 0 Å². The van der Waals surface area contributed by atoms with Crippen LogP contribution in [0.1, 0.15) is 32.8 Å². The van der Waals surface area contributed by atoms with E-state index in [1.165, 1.54) is 47.7 Å². The predicted molar refractivity (Wildman–Crippen MR) is 153 cm³/mol. The Morgan fingerprint density at radius 2 is 1.67 bits per heavy atom. The quantitative estimate of drug-likeness (QED) is 0.148. The van der Waals surface area contributed by atoms with Gasteiger partial charge in [0.25, 0.3) is 5.91 Å². The monoisotopic (exact) mass is 660 g/mol. The first-order chi connectivity index (χ1) is 20.1. The van der Waals surface area contributed by atoms with Crippen LogP contribution in [0, 0.1) is 0 Å². The van der Waals surface area contributed by atoms with Gasteiger partial charge < -0.3 is 15.2 Å². The number of rotatable bonds is 8. The summed E-state index contributed by atoms with van der Waals surface area (Å²) < 4.78 is 84.8. The standard InChI is InChI=1S/C27H18F6N2O5S3/c1-40-20-9-13(24(38)39)2-3-19(20)34-22(36)4-5-35-23(37)21(43-25(35)41)11-18-8-15(12-42-18)14-6-16(26(28,29)30)10-17(7-14)27(31,32)33/h2-3,6-12H,4-5H2,1H3,(H,34,36)(H,38,39)/b21-11-. The van der Waals surface area contributed by atoms with Crippen LogP contribution < -0.4 is 10.1 Å². The van der Waals surface area contributed by atoms with Crippen LogP contribution in [0.25, 0.3) is 17.2 Å². The van der Waals surface area contributed by atoms with Gasteiger partial charge in [-0.2, -0.15) is 26.3 Å². The summed E-state index contributed by atoms with van der Waals surface area (Å²) in [4.78, 5) is 38.4. The SMILES string of the molecule is COc1cc(C(=O)O)ccc1NC(=O)CCN1C(=O)/C(=C/c2cc(-c3cc(C(F)(F)F)cc(C(F)(F)F)c3)cs2)SC1=S. The highest BCUT2D eigenvalue weighted by molar-refractivity contribution is 8.26. The van der Waals surface area contributed by atoms with Crippen molar-refractivity contribution in [3.8, 4) is 16.9 Å². The Kier molecular flexibility index (Phi) is 9.22. The molecule has 0 unspecified atom stereocenters. The molecule has 0 aliphatic carbocycles. The fraction of sp³-hybridized carbons (Fsp3) is 0.185. The van der Waals surface area contributed by atoms with Gasteiger partial charge in [-0.15, -0.1) is 11.3 Å². The number of halogens is 6. The third-order valence-electron chi connectivity index (χ3n) is 5.97. The molecule has 16 heteroatoms. The number of ether oxygens (including phenoxy) is 1. The number of amides is 2. The molecule has 1 aliphatic rings. The van der Waals surface area contributed by atoms with E-state index >= 15 is 0 Å². The molecule has 226 valence electrons. The van der Waals surface area contributed by atoms with E-state index < -0.39 is 41.3 Å². The second-order valence-corrected chi connectivity index (χ2v) is 11.5. The lowest BCUT2D eigenvalue weighted by Gasteiger charge is -2.15. The number of thioether (sulfide) groups is 1. The molecule has 1 fully saturated rings. The third-order valence-corrected chi connectivity index (χ3v) is 8.23. The summed E-state index contributed by atoms with van der Waals surface area (Å²) in [7, 11) is 1.30. The normalized spacial score (nSPS) is 14.9. The molecule has 0 bridgehead atoms. The van der Waals surface area contributed by atoms with Crippen molar-refractivity contribution in [2.45, 2.75) is 18.8 Å². The fourth-order valence-electron chi connectivity index (χ4n) is 3.88. The van der Waals surface area contributed by atoms with Crippen LogP contribution in [0.3, 0.4) is 0 Å². The maximum absolute atomic E-state index is 13.3. The van der Waals surface area contributed by atoms with Crippen molar-refractivity contribution in [1.82, 2.24) is 4.90 Å². The molecule has 3 aromatic rings. The fourth-order valence-corrected chi connectivity index (χ4v) is 6.10. The van der Waals surface area contributed by atoms with E-state index in [-0.39, 0.29) is 56.4 Å². The molecule has 1 aromatic heterocycles. The van der Waals surface area contributed by atoms with Gasteiger partial charge in [0.1, 0.15) is 10.1 Å². The number of carboxylic acids is 1. The van der Waals surface area contributed by atoms with Crippen molar-refractivity contribution in [1.29, 1.82) is 0 Å². The van der Waals surface area contributed by atoms with Gasteiger partial charge in [0, 0.05) is 17.8 Å². The van der Waals surface area contributed by atoms with Gasteiger partial charge in [-0.1, -0.05) is 24.0 Å². The van der Waals surface area contributed by atoms with Gasteiger partial charge in [0.05, 0.1) is 34.4 Å². The number of hydrogen-bond acceptors (Lipinski definition) is 7. The Morgan fingerprint density at radius 1 is 1.02 bits per heavy atom. The molecule has 2 aromatic carbocycles. The minimum atomic E-state index is -4.99. The first-order valence-corrected chi connectivity index (χ1v) is 14.0. The molecule has 1 saturated heterocycles. The lowest BCUT2D eigenvalue weighted by Crippen LogP contribution is -2.31. The number of thiocarbonyl (C=S) groups is 1. The highest BCUT2D eigenvalue weighted by Crippen LogP contribution is 2.40. The largest absolute Gasteiger partial charge is 0.495 e. The van der Waals surface area contributed by atoms with Gasteiger partial charge in [-0.3, -0.25) is 14.5 Å². The highest BCUT2D eigenvalue weighted by atomic mass is 32.2. The Balaban J connectivity index is 1.46. The Bertz CT molecular complexity index is 1620. The number of aromatic carboxylic acids is 1. The van der Waals surface area contributed by atoms with E-state index in [9.17, 15) is 40.7 Å². The van der Waals surface area contributed by atoms with Crippen molar-refractivity contribution in [3.05, 3.63) is 74.3 Å². The number of benzene rings is 2. The number of carbonyl (C=O) groups is 3. The molecule has 0 atom stereocenters. The van der Waals surface area contributed by atoms with Crippen molar-refractivity contribution in [2.24, 2.45) is 0 Å². The molecule has 7 nitrogen and oxygen atoms in total. The van der Waals surface area contributed by atoms with Gasteiger partial charge in [-0.25, -0.2) is 4.79 Å². The Hall–Kier alpha value is -3.89. The summed E-state index contributed by atoms with van der Waals surface area (Å²) in [6.07, 6.45) is -8.74. The van der Waals surface area contributed by atoms with Crippen LogP contribution in [0.4, 0.5) is 32.0 Å². The predicted octanol–water partition coefficient (Wildman–Crippen LogP) is 7.39. The summed E-state index contributed by atoms with van der Waals surface area (Å²) in [6.45, 7) is -0.0937. The van der Waals surface area contributed by atoms with E-state index in [4.69, 9.17) is 22.1 Å². The van der Waals surface area contributed by atoms with E-state index in [0.29, 0.717) is 17.0 Å². The van der Waals surface area contributed by atoms with Crippen LogP contribution in [-0.4, -0.2) is 45.8 Å². The van der Waals surface area contributed by atoms with Crippen molar-refractivity contribution < 1.29 is 50.6 Å². The molecule has 1 aliphatic heterocycles. The summed E-state index contributed by atoms with van der Waals surface area (Å²) >= 11 is 7.20. The lowest BCUT2D eigenvalue weighted by molar-refractivity contribution is -0.143. The number of nitrogens with one attached hydrogen (secondary N) is 1. The van der Waals surface area contributed by atoms with Gasteiger partial charge in [0.15, 0.2) is 0 Å². The lowest BCUT2D eigenvalue weighted by atomic mass is 10.0. The first-order valence-electron chi connectivity index (χ1n) is 11.9. The molecule has 0 radical (unpaired) electrons. The van der Waals surface area contributed by atoms with Crippen molar-refractivity contribution >= 4 is 69.2 Å². The number of nitrogens with zero attached hydrogens (tertiary/aromatic N) is 1. The topological polar surface area (TPSA) is 95.9 Å². The Morgan fingerprint density at radius 3 is 2.26 bits per heavy atom. The van der Waals surface area contributed by atoms with Crippen LogP contribution >= 0.6 is 35.3 Å². The molecule has 2 heterocycles. The molecule has 2 amide bonds. The summed E-state index contributed by atoms with van der Waals surface area (Å²) in [5.41, 5.74) is -2.88. The molecule has 4 rings (SSSR count). The van der Waals surface area contributed by atoms with Crippen LogP contribution in [0.5, 0.6) is 5.75 Å². The van der Waals surface area contributed by atoms with Gasteiger partial charge in [0.2, 0.25) is 5.91 Å². The molecule has 0 spiro atoms. The molecular formula is C27H18F6N2O5S3. The number of alkyl halides is 6. The van der Waals surface area contributed by atoms with Gasteiger partial charge in [-0.05, 0) is 65.0 Å². The van der Waals surface area contributed by atoms with Crippen molar-refractivity contribution in [2.75, 3.05) is 19.0 Å². The van der Waals surface area contributed by atoms with E-state index in [2.05, 4.69) is 5.32 Å². The van der Waals surface area contributed by atoms with Gasteiger partial charge >= 0.3 is 18.3 Å². The minimum Gasteiger partial charge on any atom is -0.495 e. The number of hydrogen-bond donors (Lipinski definition) is 2. The average molecular weight is 661 g/mol. The highest BCUT2D eigenvalue weighted by Gasteiger charge is 2.37. The van der Waals surface area contributed by atoms with Crippen LogP contribution in [0.15, 0.2) is 52.7 Å².